The smallest absolute Gasteiger partial charge is 0.311 e. The highest BCUT2D eigenvalue weighted by Crippen LogP contribution is 2.20. The number of carbonyl (C=O) groups excluding carboxylic acids is 2. The van der Waals surface area contributed by atoms with E-state index in [1.54, 1.807) is 12.3 Å². The van der Waals surface area contributed by atoms with Gasteiger partial charge in [-0.1, -0.05) is 6.92 Å². The van der Waals surface area contributed by atoms with Gasteiger partial charge in [0, 0.05) is 42.8 Å². The highest BCUT2D eigenvalue weighted by molar-refractivity contribution is 7.14. The molecule has 2 heterocycles. The van der Waals surface area contributed by atoms with Crippen LogP contribution in [0.3, 0.4) is 0 Å². The van der Waals surface area contributed by atoms with Crippen molar-refractivity contribution in [3.63, 3.8) is 0 Å². The monoisotopic (exact) mass is 402 g/mol. The first-order valence-corrected chi connectivity index (χ1v) is 10.5. The molecule has 1 aliphatic heterocycles. The second kappa shape index (κ2) is 9.66. The van der Waals surface area contributed by atoms with Crippen LogP contribution in [0.15, 0.2) is 29.6 Å². The summed E-state index contributed by atoms with van der Waals surface area (Å²) < 4.78 is 4.91. The molecule has 0 bridgehead atoms. The number of benzene rings is 1. The summed E-state index contributed by atoms with van der Waals surface area (Å²) in [5, 5.41) is 5.02. The molecular formula is C20H26N4O3S. The number of nitrogens with zero attached hydrogens (tertiary/aromatic N) is 3. The van der Waals surface area contributed by atoms with Crippen molar-refractivity contribution in [3.05, 3.63) is 40.9 Å². The number of esters is 1. The molecule has 8 heteroatoms. The molecule has 1 amide bonds. The number of thiazole rings is 1. The van der Waals surface area contributed by atoms with Crippen LogP contribution in [0.4, 0.5) is 10.8 Å². The van der Waals surface area contributed by atoms with Gasteiger partial charge in [0.05, 0.1) is 18.7 Å². The van der Waals surface area contributed by atoms with Crippen molar-refractivity contribution < 1.29 is 14.3 Å². The van der Waals surface area contributed by atoms with Gasteiger partial charge in [0.2, 0.25) is 0 Å². The molecule has 0 aliphatic carbocycles. The van der Waals surface area contributed by atoms with Crippen molar-refractivity contribution in [2.75, 3.05) is 49.5 Å². The largest absolute Gasteiger partial charge is 0.466 e. The molecule has 0 atom stereocenters. The summed E-state index contributed by atoms with van der Waals surface area (Å²) in [6.45, 7) is 9.52. The van der Waals surface area contributed by atoms with Gasteiger partial charge in [-0.25, -0.2) is 4.98 Å². The summed E-state index contributed by atoms with van der Waals surface area (Å²) in [6.07, 6.45) is 0.111. The standard InChI is InChI=1S/C20H26N4O3S/c1-3-23-9-11-24(12-10-23)17-7-5-15(6-8-17)19(26)22-20-21-16(14-28-20)13-18(25)27-4-2/h5-8,14H,3-4,9-13H2,1-2H3,(H,21,22,26). The van der Waals surface area contributed by atoms with Crippen LogP contribution in [0.25, 0.3) is 0 Å². The van der Waals surface area contributed by atoms with Crippen molar-refractivity contribution in [3.8, 4) is 0 Å². The zero-order valence-electron chi connectivity index (χ0n) is 16.3. The number of carbonyl (C=O) groups is 2. The van der Waals surface area contributed by atoms with Crippen LogP contribution in [0.5, 0.6) is 0 Å². The molecule has 28 heavy (non-hydrogen) atoms. The molecule has 0 radical (unpaired) electrons. The summed E-state index contributed by atoms with van der Waals surface area (Å²) in [7, 11) is 0. The van der Waals surface area contributed by atoms with Gasteiger partial charge < -0.3 is 14.5 Å². The predicted molar refractivity (Wildman–Crippen MR) is 111 cm³/mol. The first-order chi connectivity index (χ1) is 13.6. The molecule has 1 aromatic heterocycles. The maximum absolute atomic E-state index is 12.5. The van der Waals surface area contributed by atoms with Crippen LogP contribution in [0.1, 0.15) is 29.9 Å². The number of hydrogen-bond donors (Lipinski definition) is 1. The molecule has 1 N–H and O–H groups in total. The number of ether oxygens (including phenoxy) is 1. The predicted octanol–water partition coefficient (Wildman–Crippen LogP) is 2.64. The maximum Gasteiger partial charge on any atom is 0.311 e. The van der Waals surface area contributed by atoms with Gasteiger partial charge in [-0.3, -0.25) is 14.9 Å². The second-order valence-electron chi connectivity index (χ2n) is 6.55. The van der Waals surface area contributed by atoms with Gasteiger partial charge in [0.1, 0.15) is 0 Å². The SMILES string of the molecule is CCOC(=O)Cc1csc(NC(=O)c2ccc(N3CCN(CC)CC3)cc2)n1. The first kappa shape index (κ1) is 20.3. The van der Waals surface area contributed by atoms with Gasteiger partial charge in [0.25, 0.3) is 5.91 Å². The number of nitrogens with one attached hydrogen (secondary N) is 1. The number of anilines is 2. The summed E-state index contributed by atoms with van der Waals surface area (Å²) >= 11 is 1.30. The summed E-state index contributed by atoms with van der Waals surface area (Å²) in [5.41, 5.74) is 2.32. The van der Waals surface area contributed by atoms with Gasteiger partial charge >= 0.3 is 5.97 Å². The third kappa shape index (κ3) is 5.30. The van der Waals surface area contributed by atoms with Crippen molar-refractivity contribution in [1.29, 1.82) is 0 Å². The Labute approximate surface area is 169 Å². The minimum atomic E-state index is -0.318. The highest BCUT2D eigenvalue weighted by atomic mass is 32.1. The van der Waals surface area contributed by atoms with E-state index in [0.29, 0.717) is 23.0 Å². The molecule has 1 fully saturated rings. The third-order valence-corrected chi connectivity index (χ3v) is 5.52. The van der Waals surface area contributed by atoms with Crippen LogP contribution < -0.4 is 10.2 Å². The number of aromatic nitrogens is 1. The van der Waals surface area contributed by atoms with E-state index >= 15 is 0 Å². The van der Waals surface area contributed by atoms with Crippen molar-refractivity contribution >= 4 is 34.0 Å². The Morgan fingerprint density at radius 1 is 1.14 bits per heavy atom. The van der Waals surface area contributed by atoms with Crippen LogP contribution in [0.2, 0.25) is 0 Å². The molecule has 2 aromatic rings. The Bertz CT molecular complexity index is 798. The zero-order valence-corrected chi connectivity index (χ0v) is 17.1. The minimum Gasteiger partial charge on any atom is -0.466 e. The van der Waals surface area contributed by atoms with E-state index in [-0.39, 0.29) is 18.3 Å². The molecule has 7 nitrogen and oxygen atoms in total. The van der Waals surface area contributed by atoms with Crippen LogP contribution >= 0.6 is 11.3 Å². The van der Waals surface area contributed by atoms with E-state index in [0.717, 1.165) is 38.4 Å². The number of piperazine rings is 1. The van der Waals surface area contributed by atoms with Gasteiger partial charge in [0.15, 0.2) is 5.13 Å². The lowest BCUT2D eigenvalue weighted by Crippen LogP contribution is -2.46. The van der Waals surface area contributed by atoms with Gasteiger partial charge in [-0.2, -0.15) is 0 Å². The summed E-state index contributed by atoms with van der Waals surface area (Å²) in [5.74, 6) is -0.527. The van der Waals surface area contributed by atoms with E-state index in [1.165, 1.54) is 11.3 Å². The molecule has 1 aromatic carbocycles. The quantitative estimate of drug-likeness (QED) is 0.718. The first-order valence-electron chi connectivity index (χ1n) is 9.57. The number of likely N-dealkylation sites (N-methyl/N-ethyl adjacent to an activating group) is 1. The normalized spacial score (nSPS) is 14.7. The fourth-order valence-corrected chi connectivity index (χ4v) is 3.83. The summed E-state index contributed by atoms with van der Waals surface area (Å²) in [4.78, 5) is 33.0. The number of rotatable bonds is 7. The van der Waals surface area contributed by atoms with Crippen molar-refractivity contribution in [2.24, 2.45) is 0 Å². The second-order valence-corrected chi connectivity index (χ2v) is 7.41. The minimum absolute atomic E-state index is 0.111. The molecule has 1 aliphatic rings. The molecule has 1 saturated heterocycles. The Balaban J connectivity index is 1.55. The lowest BCUT2D eigenvalue weighted by Gasteiger charge is -2.35. The Hall–Kier alpha value is -2.45. The molecule has 0 saturated carbocycles. The van der Waals surface area contributed by atoms with Crippen LogP contribution in [-0.2, 0) is 16.0 Å². The average Bonchev–Trinajstić information content (AvgIpc) is 3.15. The highest BCUT2D eigenvalue weighted by Gasteiger charge is 2.16. The molecular weight excluding hydrogens is 376 g/mol. The van der Waals surface area contributed by atoms with E-state index in [9.17, 15) is 9.59 Å². The van der Waals surface area contributed by atoms with E-state index in [1.807, 2.05) is 24.3 Å². The van der Waals surface area contributed by atoms with Crippen LogP contribution in [0, 0.1) is 0 Å². The van der Waals surface area contributed by atoms with Crippen molar-refractivity contribution in [2.45, 2.75) is 20.3 Å². The van der Waals surface area contributed by atoms with E-state index in [2.05, 4.69) is 27.0 Å². The Kier molecular flexibility index (Phi) is 7.00. The number of amides is 1. The summed E-state index contributed by atoms with van der Waals surface area (Å²) in [6, 6.07) is 7.66. The Morgan fingerprint density at radius 3 is 2.50 bits per heavy atom. The lowest BCUT2D eigenvalue weighted by molar-refractivity contribution is -0.142. The average molecular weight is 403 g/mol. The third-order valence-electron chi connectivity index (χ3n) is 4.72. The molecule has 3 rings (SSSR count). The van der Waals surface area contributed by atoms with Gasteiger partial charge in [-0.15, -0.1) is 11.3 Å². The molecule has 150 valence electrons. The molecule has 0 spiro atoms. The molecule has 0 unspecified atom stereocenters. The Morgan fingerprint density at radius 2 is 1.86 bits per heavy atom. The fourth-order valence-electron chi connectivity index (χ4n) is 3.12. The lowest BCUT2D eigenvalue weighted by atomic mass is 10.1. The van der Waals surface area contributed by atoms with Crippen molar-refractivity contribution in [1.82, 2.24) is 9.88 Å². The zero-order chi connectivity index (χ0) is 19.9. The van der Waals surface area contributed by atoms with E-state index < -0.39 is 0 Å². The van der Waals surface area contributed by atoms with E-state index in [4.69, 9.17) is 4.74 Å². The van der Waals surface area contributed by atoms with Gasteiger partial charge in [-0.05, 0) is 37.7 Å². The maximum atomic E-state index is 12.5. The number of hydrogen-bond acceptors (Lipinski definition) is 7. The topological polar surface area (TPSA) is 74.8 Å². The van der Waals surface area contributed by atoms with Crippen LogP contribution in [-0.4, -0.2) is 61.1 Å². The fraction of sp³-hybridized carbons (Fsp3) is 0.450.